The van der Waals surface area contributed by atoms with Crippen molar-refractivity contribution in [2.45, 2.75) is 38.0 Å². The Balaban J connectivity index is 1.03. The van der Waals surface area contributed by atoms with Crippen LogP contribution in [-0.4, -0.2) is 17.2 Å². The molecule has 2 heterocycles. The topological polar surface area (TPSA) is 9.86 Å². The molecule has 1 fully saturated rings. The highest BCUT2D eigenvalue weighted by molar-refractivity contribution is 7.19. The van der Waals surface area contributed by atoms with E-state index in [1.807, 2.05) is 0 Å². The summed E-state index contributed by atoms with van der Waals surface area (Å²) in [6.45, 7) is 0. The quantitative estimate of drug-likeness (QED) is 0.107. The van der Waals surface area contributed by atoms with Crippen LogP contribution in [0.25, 0.3) is 66.1 Å². The zero-order valence-corrected chi connectivity index (χ0v) is 36.4. The van der Waals surface area contributed by atoms with Crippen LogP contribution in [0.3, 0.4) is 0 Å². The van der Waals surface area contributed by atoms with Gasteiger partial charge in [-0.2, -0.15) is 0 Å². The van der Waals surface area contributed by atoms with Gasteiger partial charge in [-0.15, -0.1) is 0 Å². The minimum absolute atomic E-state index is 0.662. The Bertz CT molecular complexity index is 3320. The molecule has 0 N–H and O–H groups in total. The second kappa shape index (κ2) is 15.6. The van der Waals surface area contributed by atoms with Crippen LogP contribution < -0.4 is 20.7 Å². The van der Waals surface area contributed by atoms with Gasteiger partial charge in [-0.1, -0.05) is 201 Å². The molecular formula is C60H48N2Si. The van der Waals surface area contributed by atoms with E-state index in [1.165, 1.54) is 125 Å². The fourth-order valence-electron chi connectivity index (χ4n) is 11.2. The van der Waals surface area contributed by atoms with Crippen LogP contribution in [0.15, 0.2) is 224 Å². The lowest BCUT2D eigenvalue weighted by atomic mass is 9.84. The molecule has 0 unspecified atom stereocenters. The van der Waals surface area contributed by atoms with E-state index in [4.69, 9.17) is 0 Å². The normalized spacial score (nSPS) is 13.7. The van der Waals surface area contributed by atoms with Gasteiger partial charge in [0.15, 0.2) is 8.07 Å². The highest BCUT2D eigenvalue weighted by Gasteiger charge is 2.41. The molecule has 11 aromatic rings. The van der Waals surface area contributed by atoms with Crippen LogP contribution in [-0.2, 0) is 0 Å². The molecule has 0 atom stereocenters. The first-order valence-corrected chi connectivity index (χ1v) is 24.7. The van der Waals surface area contributed by atoms with Crippen molar-refractivity contribution in [2.24, 2.45) is 0 Å². The molecule has 0 radical (unpaired) electrons. The highest BCUT2D eigenvalue weighted by Crippen LogP contribution is 2.41. The van der Waals surface area contributed by atoms with Crippen LogP contribution in [0.5, 0.6) is 0 Å². The number of rotatable bonds is 8. The molecule has 3 heteroatoms. The van der Waals surface area contributed by atoms with Gasteiger partial charge in [0, 0.05) is 32.8 Å². The van der Waals surface area contributed by atoms with E-state index in [9.17, 15) is 0 Å². The fraction of sp³-hybridized carbons (Fsp3) is 0.100. The second-order valence-electron chi connectivity index (χ2n) is 17.5. The molecule has 1 saturated carbocycles. The SMILES string of the molecule is c1ccc([Si](c2ccccc2)(c2ccccc2)c2ccc(-c3ccccc3-n3c4ccccc4c4ccc(-n5c6ccccc6c6cc(C7CCCCC7)ccc65)cc43)cc2)cc1. The maximum atomic E-state index is 2.51. The van der Waals surface area contributed by atoms with E-state index in [-0.39, 0.29) is 0 Å². The number of nitrogens with zero attached hydrogens (tertiary/aromatic N) is 2. The first kappa shape index (κ1) is 37.5. The smallest absolute Gasteiger partial charge is 0.179 e. The van der Waals surface area contributed by atoms with E-state index in [2.05, 4.69) is 234 Å². The molecule has 0 saturated heterocycles. The Kier molecular flexibility index (Phi) is 9.30. The van der Waals surface area contributed by atoms with Crippen molar-refractivity contribution in [3.8, 4) is 22.5 Å². The fourth-order valence-corrected chi connectivity index (χ4v) is 15.9. The minimum Gasteiger partial charge on any atom is -0.309 e. The predicted octanol–water partition coefficient (Wildman–Crippen LogP) is 13.0. The Morgan fingerprint density at radius 3 is 1.51 bits per heavy atom. The number of aromatic nitrogens is 2. The zero-order valence-electron chi connectivity index (χ0n) is 35.4. The van der Waals surface area contributed by atoms with Crippen molar-refractivity contribution in [2.75, 3.05) is 0 Å². The van der Waals surface area contributed by atoms with Gasteiger partial charge in [0.25, 0.3) is 0 Å². The van der Waals surface area contributed by atoms with E-state index >= 15 is 0 Å². The Labute approximate surface area is 370 Å². The van der Waals surface area contributed by atoms with Crippen molar-refractivity contribution >= 4 is 72.4 Å². The van der Waals surface area contributed by atoms with Crippen LogP contribution in [0.1, 0.15) is 43.6 Å². The molecule has 1 aliphatic rings. The highest BCUT2D eigenvalue weighted by atomic mass is 28.3. The summed E-state index contributed by atoms with van der Waals surface area (Å²) in [4.78, 5) is 0. The molecule has 2 aromatic heterocycles. The van der Waals surface area contributed by atoms with E-state index in [1.54, 1.807) is 0 Å². The molecule has 63 heavy (non-hydrogen) atoms. The average molecular weight is 825 g/mol. The molecule has 0 amide bonds. The summed E-state index contributed by atoms with van der Waals surface area (Å²) in [6.07, 6.45) is 6.65. The van der Waals surface area contributed by atoms with Crippen molar-refractivity contribution in [1.82, 2.24) is 9.13 Å². The average Bonchev–Trinajstić information content (AvgIpc) is 3.88. The third-order valence-electron chi connectivity index (χ3n) is 14.1. The van der Waals surface area contributed by atoms with Crippen molar-refractivity contribution in [3.63, 3.8) is 0 Å². The summed E-state index contributed by atoms with van der Waals surface area (Å²) >= 11 is 0. The first-order chi connectivity index (χ1) is 31.3. The lowest BCUT2D eigenvalue weighted by Crippen LogP contribution is -2.74. The third kappa shape index (κ3) is 6.13. The van der Waals surface area contributed by atoms with Crippen molar-refractivity contribution in [3.05, 3.63) is 230 Å². The number of benzene rings is 9. The van der Waals surface area contributed by atoms with E-state index < -0.39 is 8.07 Å². The van der Waals surface area contributed by atoms with Gasteiger partial charge in [0.1, 0.15) is 0 Å². The van der Waals surface area contributed by atoms with Gasteiger partial charge in [-0.3, -0.25) is 0 Å². The lowest BCUT2D eigenvalue weighted by molar-refractivity contribution is 0.444. The standard InChI is InChI=1S/C60H48N2Si/c1-5-19-43(20-6-1)45-35-40-59-55(41-45)53-29-15-17-31-57(53)61(59)46-36-39-54-52-28-14-18-32-58(52)62(60(54)42-46)56-30-16-13-27-51(56)44-33-37-50(38-34-44)63(47-21-7-2-8-22-47,48-23-9-3-10-24-48)49-25-11-4-12-26-49/h2-4,7-18,21-43H,1,5-6,19-20H2. The number of hydrogen-bond acceptors (Lipinski definition) is 0. The zero-order chi connectivity index (χ0) is 41.7. The lowest BCUT2D eigenvalue weighted by Gasteiger charge is -2.34. The van der Waals surface area contributed by atoms with Gasteiger partial charge in [-0.05, 0) is 93.1 Å². The van der Waals surface area contributed by atoms with Gasteiger partial charge in [0.2, 0.25) is 0 Å². The van der Waals surface area contributed by atoms with Gasteiger partial charge in [-0.25, -0.2) is 0 Å². The number of para-hydroxylation sites is 3. The molecule has 0 bridgehead atoms. The summed E-state index contributed by atoms with van der Waals surface area (Å²) in [6, 6.07) is 84.4. The summed E-state index contributed by atoms with van der Waals surface area (Å²) in [7, 11) is -2.66. The van der Waals surface area contributed by atoms with Crippen LogP contribution in [0.2, 0.25) is 0 Å². The van der Waals surface area contributed by atoms with Gasteiger partial charge < -0.3 is 9.13 Å². The van der Waals surface area contributed by atoms with E-state index in [0.29, 0.717) is 5.92 Å². The van der Waals surface area contributed by atoms with Gasteiger partial charge in [0.05, 0.1) is 27.8 Å². The summed E-state index contributed by atoms with van der Waals surface area (Å²) in [5.41, 5.74) is 11.2. The summed E-state index contributed by atoms with van der Waals surface area (Å²) in [5, 5.41) is 10.7. The van der Waals surface area contributed by atoms with Crippen LogP contribution in [0.4, 0.5) is 0 Å². The largest absolute Gasteiger partial charge is 0.309 e. The molecule has 12 rings (SSSR count). The molecule has 302 valence electrons. The second-order valence-corrected chi connectivity index (χ2v) is 21.3. The van der Waals surface area contributed by atoms with Crippen LogP contribution in [0, 0.1) is 0 Å². The predicted molar refractivity (Wildman–Crippen MR) is 270 cm³/mol. The van der Waals surface area contributed by atoms with Crippen LogP contribution >= 0.6 is 0 Å². The monoisotopic (exact) mass is 824 g/mol. The van der Waals surface area contributed by atoms with Gasteiger partial charge >= 0.3 is 0 Å². The first-order valence-electron chi connectivity index (χ1n) is 22.7. The molecule has 2 nitrogen and oxygen atoms in total. The molecule has 0 aliphatic heterocycles. The minimum atomic E-state index is -2.66. The Morgan fingerprint density at radius 2 is 0.857 bits per heavy atom. The van der Waals surface area contributed by atoms with Crippen molar-refractivity contribution < 1.29 is 0 Å². The Hall–Kier alpha value is -7.20. The van der Waals surface area contributed by atoms with E-state index in [0.717, 1.165) is 0 Å². The maximum absolute atomic E-state index is 2.66. The maximum Gasteiger partial charge on any atom is 0.179 e. The number of fused-ring (bicyclic) bond motifs is 6. The Morgan fingerprint density at radius 1 is 0.349 bits per heavy atom. The molecule has 0 spiro atoms. The molecular weight excluding hydrogens is 777 g/mol. The molecule has 1 aliphatic carbocycles. The summed E-state index contributed by atoms with van der Waals surface area (Å²) in [5.74, 6) is 0.662. The molecule has 9 aromatic carbocycles. The van der Waals surface area contributed by atoms with Crippen molar-refractivity contribution in [1.29, 1.82) is 0 Å². The number of hydrogen-bond donors (Lipinski definition) is 0. The third-order valence-corrected chi connectivity index (χ3v) is 18.9. The summed E-state index contributed by atoms with van der Waals surface area (Å²) < 4.78 is 4.99.